The third-order valence-electron chi connectivity index (χ3n) is 3.59. The quantitative estimate of drug-likeness (QED) is 0.668. The first-order valence-corrected chi connectivity index (χ1v) is 5.35. The summed E-state index contributed by atoms with van der Waals surface area (Å²) in [5.74, 6) is -0.0590. The van der Waals surface area contributed by atoms with Crippen LogP contribution in [0.5, 0.6) is 0 Å². The van der Waals surface area contributed by atoms with Gasteiger partial charge in [0.05, 0.1) is 24.7 Å². The van der Waals surface area contributed by atoms with E-state index in [0.29, 0.717) is 13.2 Å². The van der Waals surface area contributed by atoms with E-state index in [2.05, 4.69) is 5.32 Å². The van der Waals surface area contributed by atoms with E-state index < -0.39 is 5.41 Å². The Morgan fingerprint density at radius 3 is 2.87 bits per heavy atom. The molecule has 3 fully saturated rings. The number of ether oxygens (including phenoxy) is 1. The molecule has 3 rings (SSSR count). The zero-order valence-electron chi connectivity index (χ0n) is 8.66. The molecule has 0 aromatic heterocycles. The number of imide groups is 1. The van der Waals surface area contributed by atoms with Gasteiger partial charge in [0.1, 0.15) is 0 Å². The lowest BCUT2D eigenvalue weighted by atomic mass is 9.82. The van der Waals surface area contributed by atoms with E-state index in [-0.39, 0.29) is 24.0 Å². The molecular weight excluding hydrogens is 196 g/mol. The third kappa shape index (κ3) is 1.13. The summed E-state index contributed by atoms with van der Waals surface area (Å²) in [6, 6.07) is -0.251. The standard InChI is InChI=1S/C10H14N2O3/c1-10-5-15-4-7(10)11-9(14)12(8(10)13)6-2-3-6/h6-7H,2-5H2,1H3,(H,11,14). The molecule has 5 heteroatoms. The first kappa shape index (κ1) is 9.15. The number of urea groups is 1. The summed E-state index contributed by atoms with van der Waals surface area (Å²) in [5.41, 5.74) is -0.545. The van der Waals surface area contributed by atoms with Gasteiger partial charge in [-0.2, -0.15) is 0 Å². The van der Waals surface area contributed by atoms with E-state index in [9.17, 15) is 9.59 Å². The average molecular weight is 210 g/mol. The van der Waals surface area contributed by atoms with E-state index >= 15 is 0 Å². The first-order chi connectivity index (χ1) is 7.13. The SMILES string of the molecule is CC12COCC1NC(=O)N(C1CC1)C2=O. The normalized spacial score (nSPS) is 40.3. The number of amides is 3. The van der Waals surface area contributed by atoms with Gasteiger partial charge < -0.3 is 10.1 Å². The van der Waals surface area contributed by atoms with Gasteiger partial charge in [-0.3, -0.25) is 9.69 Å². The highest BCUT2D eigenvalue weighted by atomic mass is 16.5. The number of fused-ring (bicyclic) bond motifs is 1. The molecular formula is C10H14N2O3. The van der Waals surface area contributed by atoms with Crippen molar-refractivity contribution < 1.29 is 14.3 Å². The molecule has 0 aromatic carbocycles. The van der Waals surface area contributed by atoms with Crippen LogP contribution in [0.4, 0.5) is 4.79 Å². The molecule has 2 aliphatic heterocycles. The van der Waals surface area contributed by atoms with Crippen molar-refractivity contribution in [1.82, 2.24) is 10.2 Å². The molecule has 3 amide bonds. The lowest BCUT2D eigenvalue weighted by Crippen LogP contribution is -2.65. The Bertz CT molecular complexity index is 340. The predicted octanol–water partition coefficient (Wildman–Crippen LogP) is 0.106. The first-order valence-electron chi connectivity index (χ1n) is 5.35. The summed E-state index contributed by atoms with van der Waals surface area (Å²) < 4.78 is 5.30. The van der Waals surface area contributed by atoms with Crippen molar-refractivity contribution in [2.45, 2.75) is 31.8 Å². The molecule has 0 bridgehead atoms. The van der Waals surface area contributed by atoms with Crippen molar-refractivity contribution in [3.63, 3.8) is 0 Å². The number of hydrogen-bond donors (Lipinski definition) is 1. The number of hydrogen-bond acceptors (Lipinski definition) is 3. The van der Waals surface area contributed by atoms with Crippen molar-refractivity contribution in [2.24, 2.45) is 5.41 Å². The summed E-state index contributed by atoms with van der Waals surface area (Å²) in [6.07, 6.45) is 1.89. The van der Waals surface area contributed by atoms with Crippen LogP contribution in [-0.2, 0) is 9.53 Å². The van der Waals surface area contributed by atoms with Gasteiger partial charge in [-0.15, -0.1) is 0 Å². The van der Waals surface area contributed by atoms with E-state index in [1.165, 1.54) is 4.90 Å². The van der Waals surface area contributed by atoms with Crippen LogP contribution in [0.1, 0.15) is 19.8 Å². The molecule has 1 N–H and O–H groups in total. The molecule has 15 heavy (non-hydrogen) atoms. The Morgan fingerprint density at radius 1 is 1.47 bits per heavy atom. The molecule has 0 radical (unpaired) electrons. The maximum absolute atomic E-state index is 12.2. The van der Waals surface area contributed by atoms with Crippen LogP contribution in [0.3, 0.4) is 0 Å². The average Bonchev–Trinajstić information content (AvgIpc) is 2.93. The highest BCUT2D eigenvalue weighted by Gasteiger charge is 2.56. The van der Waals surface area contributed by atoms with Gasteiger partial charge in [0, 0.05) is 6.04 Å². The minimum atomic E-state index is -0.545. The summed E-state index contributed by atoms with van der Waals surface area (Å²) in [6.45, 7) is 2.74. The minimum absolute atomic E-state index is 0.0590. The maximum Gasteiger partial charge on any atom is 0.324 e. The Morgan fingerprint density at radius 2 is 2.20 bits per heavy atom. The Hall–Kier alpha value is -1.10. The van der Waals surface area contributed by atoms with Gasteiger partial charge in [-0.05, 0) is 19.8 Å². The zero-order chi connectivity index (χ0) is 10.6. The number of carbonyl (C=O) groups is 2. The molecule has 5 nitrogen and oxygen atoms in total. The van der Waals surface area contributed by atoms with Crippen LogP contribution in [0.2, 0.25) is 0 Å². The number of nitrogens with one attached hydrogen (secondary N) is 1. The highest BCUT2D eigenvalue weighted by Crippen LogP contribution is 2.38. The van der Waals surface area contributed by atoms with Crippen LogP contribution < -0.4 is 5.32 Å². The molecule has 1 saturated carbocycles. The van der Waals surface area contributed by atoms with Gasteiger partial charge in [0.2, 0.25) is 5.91 Å². The molecule has 1 aliphatic carbocycles. The predicted molar refractivity (Wildman–Crippen MR) is 51.1 cm³/mol. The molecule has 2 atom stereocenters. The smallest absolute Gasteiger partial charge is 0.324 e. The van der Waals surface area contributed by atoms with E-state index in [1.54, 1.807) is 0 Å². The van der Waals surface area contributed by atoms with Gasteiger partial charge in [-0.1, -0.05) is 0 Å². The van der Waals surface area contributed by atoms with Crippen molar-refractivity contribution >= 4 is 11.9 Å². The zero-order valence-corrected chi connectivity index (χ0v) is 8.66. The number of carbonyl (C=O) groups excluding carboxylic acids is 2. The monoisotopic (exact) mass is 210 g/mol. The topological polar surface area (TPSA) is 58.6 Å². The Kier molecular flexibility index (Phi) is 1.66. The minimum Gasteiger partial charge on any atom is -0.378 e. The molecule has 0 spiro atoms. The fourth-order valence-electron chi connectivity index (χ4n) is 2.34. The van der Waals surface area contributed by atoms with Crippen LogP contribution in [0, 0.1) is 5.41 Å². The van der Waals surface area contributed by atoms with Crippen LogP contribution in [-0.4, -0.2) is 42.1 Å². The Balaban J connectivity index is 1.93. The van der Waals surface area contributed by atoms with Crippen molar-refractivity contribution in [2.75, 3.05) is 13.2 Å². The molecule has 2 saturated heterocycles. The summed E-state index contributed by atoms with van der Waals surface area (Å²) in [7, 11) is 0. The summed E-state index contributed by atoms with van der Waals surface area (Å²) in [5, 5.41) is 2.86. The Labute approximate surface area is 87.8 Å². The second-order valence-electron chi connectivity index (χ2n) is 4.84. The maximum atomic E-state index is 12.2. The molecule has 0 aromatic rings. The highest BCUT2D eigenvalue weighted by molar-refractivity contribution is 6.01. The third-order valence-corrected chi connectivity index (χ3v) is 3.59. The number of rotatable bonds is 1. The van der Waals surface area contributed by atoms with Crippen LogP contribution >= 0.6 is 0 Å². The fraction of sp³-hybridized carbons (Fsp3) is 0.800. The van der Waals surface area contributed by atoms with Crippen molar-refractivity contribution in [3.8, 4) is 0 Å². The lowest BCUT2D eigenvalue weighted by molar-refractivity contribution is -0.141. The second kappa shape index (κ2) is 2.72. The fourth-order valence-corrected chi connectivity index (χ4v) is 2.34. The van der Waals surface area contributed by atoms with Gasteiger partial charge in [0.25, 0.3) is 0 Å². The largest absolute Gasteiger partial charge is 0.378 e. The van der Waals surface area contributed by atoms with E-state index in [0.717, 1.165) is 12.8 Å². The van der Waals surface area contributed by atoms with Crippen molar-refractivity contribution in [1.29, 1.82) is 0 Å². The van der Waals surface area contributed by atoms with Crippen molar-refractivity contribution in [3.05, 3.63) is 0 Å². The van der Waals surface area contributed by atoms with Gasteiger partial charge in [0.15, 0.2) is 0 Å². The van der Waals surface area contributed by atoms with Gasteiger partial charge in [-0.25, -0.2) is 4.79 Å². The van der Waals surface area contributed by atoms with Gasteiger partial charge >= 0.3 is 6.03 Å². The lowest BCUT2D eigenvalue weighted by Gasteiger charge is -2.39. The van der Waals surface area contributed by atoms with E-state index in [4.69, 9.17) is 4.74 Å². The second-order valence-corrected chi connectivity index (χ2v) is 4.84. The molecule has 3 aliphatic rings. The summed E-state index contributed by atoms with van der Waals surface area (Å²) >= 11 is 0. The van der Waals surface area contributed by atoms with E-state index in [1.807, 2.05) is 6.92 Å². The van der Waals surface area contributed by atoms with Crippen LogP contribution in [0.25, 0.3) is 0 Å². The molecule has 2 unspecified atom stereocenters. The summed E-state index contributed by atoms with van der Waals surface area (Å²) in [4.78, 5) is 25.3. The number of nitrogens with zero attached hydrogens (tertiary/aromatic N) is 1. The molecule has 82 valence electrons. The van der Waals surface area contributed by atoms with Crippen LogP contribution in [0.15, 0.2) is 0 Å². The molecule has 2 heterocycles.